The van der Waals surface area contributed by atoms with Gasteiger partial charge in [0.25, 0.3) is 5.91 Å². The van der Waals surface area contributed by atoms with Crippen LogP contribution >= 0.6 is 11.6 Å². The highest BCUT2D eigenvalue weighted by atomic mass is 35.5. The Morgan fingerprint density at radius 2 is 2.10 bits per heavy atom. The number of sulfonamides is 1. The van der Waals surface area contributed by atoms with Crippen LogP contribution in [0.15, 0.2) is 23.1 Å². The fraction of sp³-hybridized carbons (Fsp3) is 0.333. The Labute approximate surface area is 126 Å². The molecule has 0 spiro atoms. The lowest BCUT2D eigenvalue weighted by Crippen LogP contribution is -2.37. The molecule has 1 fully saturated rings. The van der Waals surface area contributed by atoms with Crippen molar-refractivity contribution in [3.63, 3.8) is 0 Å². The first kappa shape index (κ1) is 15.7. The van der Waals surface area contributed by atoms with Gasteiger partial charge in [0.15, 0.2) is 6.61 Å². The van der Waals surface area contributed by atoms with E-state index in [4.69, 9.17) is 11.6 Å². The molecule has 0 radical (unpaired) electrons. The molecule has 0 saturated carbocycles. The Kier molecular flexibility index (Phi) is 4.50. The van der Waals surface area contributed by atoms with Crippen LogP contribution in [0.3, 0.4) is 0 Å². The van der Waals surface area contributed by atoms with Crippen molar-refractivity contribution in [2.24, 2.45) is 0 Å². The predicted octanol–water partition coefficient (Wildman–Crippen LogP) is 0.906. The molecule has 0 unspecified atom stereocenters. The van der Waals surface area contributed by atoms with Gasteiger partial charge in [-0.3, -0.25) is 4.79 Å². The van der Waals surface area contributed by atoms with Gasteiger partial charge in [-0.2, -0.15) is 0 Å². The summed E-state index contributed by atoms with van der Waals surface area (Å²) in [5, 5.41) is 0.305. The van der Waals surface area contributed by atoms with E-state index in [2.05, 4.69) is 9.46 Å². The smallest absolute Gasteiger partial charge is 0.417 e. The number of nitrogens with one attached hydrogen (secondary N) is 1. The molecule has 0 aromatic heterocycles. The normalized spacial score (nSPS) is 15.4. The summed E-state index contributed by atoms with van der Waals surface area (Å²) in [6.07, 6.45) is -0.766. The zero-order chi connectivity index (χ0) is 15.6. The van der Waals surface area contributed by atoms with Crippen LogP contribution in [0, 0.1) is 6.92 Å². The van der Waals surface area contributed by atoms with Crippen LogP contribution < -0.4 is 4.72 Å². The van der Waals surface area contributed by atoms with Gasteiger partial charge in [0, 0.05) is 18.1 Å². The monoisotopic (exact) mass is 332 g/mol. The lowest BCUT2D eigenvalue weighted by atomic mass is 10.2. The third-order valence-electron chi connectivity index (χ3n) is 2.91. The van der Waals surface area contributed by atoms with Crippen LogP contribution in [0.25, 0.3) is 0 Å². The number of benzene rings is 1. The second-order valence-corrected chi connectivity index (χ2v) is 6.58. The maximum atomic E-state index is 12.2. The lowest BCUT2D eigenvalue weighted by molar-refractivity contribution is -0.125. The van der Waals surface area contributed by atoms with Crippen molar-refractivity contribution in [3.8, 4) is 0 Å². The van der Waals surface area contributed by atoms with Crippen molar-refractivity contribution in [1.82, 2.24) is 9.62 Å². The van der Waals surface area contributed by atoms with Crippen LogP contribution in [0.1, 0.15) is 5.56 Å². The summed E-state index contributed by atoms with van der Waals surface area (Å²) in [6.45, 7) is 1.15. The van der Waals surface area contributed by atoms with Crippen molar-refractivity contribution in [1.29, 1.82) is 0 Å². The van der Waals surface area contributed by atoms with Gasteiger partial charge < -0.3 is 4.74 Å². The summed E-state index contributed by atoms with van der Waals surface area (Å²) in [4.78, 5) is 23.4. The molecule has 2 amide bonds. The third kappa shape index (κ3) is 3.52. The number of rotatable bonds is 5. The average molecular weight is 333 g/mol. The fourth-order valence-electron chi connectivity index (χ4n) is 1.83. The Morgan fingerprint density at radius 3 is 2.71 bits per heavy atom. The summed E-state index contributed by atoms with van der Waals surface area (Å²) in [5.74, 6) is -0.488. The van der Waals surface area contributed by atoms with Crippen LogP contribution in [0.2, 0.25) is 5.02 Å². The molecule has 9 heteroatoms. The number of cyclic esters (lactones) is 1. The van der Waals surface area contributed by atoms with Gasteiger partial charge in [0.2, 0.25) is 10.0 Å². The Morgan fingerprint density at radius 1 is 1.38 bits per heavy atom. The van der Waals surface area contributed by atoms with Gasteiger partial charge in [-0.15, -0.1) is 0 Å². The number of aryl methyl sites for hydroxylation is 1. The van der Waals surface area contributed by atoms with Crippen molar-refractivity contribution in [3.05, 3.63) is 28.8 Å². The molecule has 1 aromatic rings. The van der Waals surface area contributed by atoms with Crippen molar-refractivity contribution < 1.29 is 22.7 Å². The standard InChI is InChI=1S/C12H13ClN2O5S/c1-8-2-3-9(13)6-10(8)21(18,19)14-4-5-15-11(16)7-20-12(15)17/h2-3,6,14H,4-5,7H2,1H3. The Balaban J connectivity index is 2.03. The minimum Gasteiger partial charge on any atom is -0.439 e. The first-order valence-electron chi connectivity index (χ1n) is 6.04. The van der Waals surface area contributed by atoms with E-state index in [1.807, 2.05) is 0 Å². The molecule has 21 heavy (non-hydrogen) atoms. The maximum Gasteiger partial charge on any atom is 0.417 e. The van der Waals surface area contributed by atoms with Crippen molar-refractivity contribution in [2.75, 3.05) is 19.7 Å². The van der Waals surface area contributed by atoms with E-state index in [0.717, 1.165) is 4.90 Å². The number of carbonyl (C=O) groups is 2. The summed E-state index contributed by atoms with van der Waals surface area (Å²) >= 11 is 5.79. The number of imide groups is 1. The molecule has 7 nitrogen and oxygen atoms in total. The molecular weight excluding hydrogens is 320 g/mol. The van der Waals surface area contributed by atoms with Gasteiger partial charge in [-0.05, 0) is 24.6 Å². The van der Waals surface area contributed by atoms with Gasteiger partial charge in [-0.1, -0.05) is 17.7 Å². The van der Waals surface area contributed by atoms with E-state index in [1.54, 1.807) is 19.1 Å². The Bertz CT molecular complexity index is 673. The summed E-state index contributed by atoms with van der Waals surface area (Å²) < 4.78 is 31.2. The highest BCUT2D eigenvalue weighted by Crippen LogP contribution is 2.19. The zero-order valence-corrected chi connectivity index (χ0v) is 12.7. The first-order chi connectivity index (χ1) is 9.81. The minimum absolute atomic E-state index is 0.0605. The molecule has 1 heterocycles. The summed E-state index contributed by atoms with van der Waals surface area (Å²) in [5.41, 5.74) is 0.545. The number of nitrogens with zero attached hydrogens (tertiary/aromatic N) is 1. The summed E-state index contributed by atoms with van der Waals surface area (Å²) in [7, 11) is -3.76. The van der Waals surface area contributed by atoms with Crippen LogP contribution in [0.5, 0.6) is 0 Å². The van der Waals surface area contributed by atoms with E-state index in [9.17, 15) is 18.0 Å². The Hall–Kier alpha value is -1.64. The lowest BCUT2D eigenvalue weighted by Gasteiger charge is -2.13. The molecule has 1 aliphatic rings. The van der Waals surface area contributed by atoms with E-state index in [0.29, 0.717) is 10.6 Å². The zero-order valence-electron chi connectivity index (χ0n) is 11.1. The number of ether oxygens (including phenoxy) is 1. The topological polar surface area (TPSA) is 92.8 Å². The highest BCUT2D eigenvalue weighted by Gasteiger charge is 2.30. The largest absolute Gasteiger partial charge is 0.439 e. The number of hydrogen-bond donors (Lipinski definition) is 1. The molecule has 0 aliphatic carbocycles. The molecule has 114 valence electrons. The molecule has 1 aliphatic heterocycles. The van der Waals surface area contributed by atoms with Gasteiger partial charge in [-0.25, -0.2) is 22.8 Å². The average Bonchev–Trinajstić information content (AvgIpc) is 2.73. The molecule has 2 rings (SSSR count). The molecule has 1 aromatic carbocycles. The van der Waals surface area contributed by atoms with Crippen LogP contribution in [0.4, 0.5) is 4.79 Å². The molecule has 1 saturated heterocycles. The fourth-order valence-corrected chi connectivity index (χ4v) is 3.36. The maximum absolute atomic E-state index is 12.2. The molecule has 1 N–H and O–H groups in total. The van der Waals surface area contributed by atoms with Gasteiger partial charge in [0.1, 0.15) is 0 Å². The van der Waals surface area contributed by atoms with Crippen LogP contribution in [-0.2, 0) is 19.6 Å². The number of hydrogen-bond acceptors (Lipinski definition) is 5. The van der Waals surface area contributed by atoms with Crippen molar-refractivity contribution >= 4 is 33.6 Å². The van der Waals surface area contributed by atoms with E-state index < -0.39 is 22.0 Å². The SMILES string of the molecule is Cc1ccc(Cl)cc1S(=O)(=O)NCCN1C(=O)COC1=O. The molecular formula is C12H13ClN2O5S. The van der Waals surface area contributed by atoms with E-state index in [-0.39, 0.29) is 24.6 Å². The molecule has 0 atom stereocenters. The molecule has 0 bridgehead atoms. The number of carbonyl (C=O) groups excluding carboxylic acids is 2. The van der Waals surface area contributed by atoms with Gasteiger partial charge >= 0.3 is 6.09 Å². The van der Waals surface area contributed by atoms with E-state index in [1.165, 1.54) is 6.07 Å². The van der Waals surface area contributed by atoms with Gasteiger partial charge in [0.05, 0.1) is 4.90 Å². The second kappa shape index (κ2) is 6.00. The quantitative estimate of drug-likeness (QED) is 0.865. The van der Waals surface area contributed by atoms with E-state index >= 15 is 0 Å². The predicted molar refractivity (Wildman–Crippen MR) is 74.4 cm³/mol. The van der Waals surface area contributed by atoms with Crippen LogP contribution in [-0.4, -0.2) is 45.0 Å². The minimum atomic E-state index is -3.76. The highest BCUT2D eigenvalue weighted by molar-refractivity contribution is 7.89. The number of amides is 2. The van der Waals surface area contributed by atoms with Crippen molar-refractivity contribution in [2.45, 2.75) is 11.8 Å². The summed E-state index contributed by atoms with van der Waals surface area (Å²) in [6, 6.07) is 4.53. The third-order valence-corrected chi connectivity index (χ3v) is 4.75. The second-order valence-electron chi connectivity index (χ2n) is 4.41. The first-order valence-corrected chi connectivity index (χ1v) is 7.90. The number of halogens is 1.